The number of hydrogen-bond acceptors (Lipinski definition) is 1. The summed E-state index contributed by atoms with van der Waals surface area (Å²) in [7, 11) is 0. The Balaban J connectivity index is 2.44. The van der Waals surface area contributed by atoms with Gasteiger partial charge in [0.1, 0.15) is 0 Å². The molecule has 0 saturated carbocycles. The third kappa shape index (κ3) is 6.20. The molecule has 0 spiro atoms. The molecule has 0 heterocycles. The molecule has 1 heteroatoms. The van der Waals surface area contributed by atoms with E-state index in [0.717, 1.165) is 12.5 Å². The average molecular weight is 247 g/mol. The molecule has 1 unspecified atom stereocenters. The van der Waals surface area contributed by atoms with Crippen LogP contribution >= 0.6 is 0 Å². The molecular formula is C17H29N. The normalized spacial score (nSPS) is 12.9. The van der Waals surface area contributed by atoms with E-state index >= 15 is 0 Å². The van der Waals surface area contributed by atoms with E-state index in [1.54, 1.807) is 0 Å². The van der Waals surface area contributed by atoms with Crippen LogP contribution in [-0.2, 0) is 6.42 Å². The number of hydrogen-bond donors (Lipinski definition) is 1. The summed E-state index contributed by atoms with van der Waals surface area (Å²) in [4.78, 5) is 0. The van der Waals surface area contributed by atoms with Crippen LogP contribution in [0.3, 0.4) is 0 Å². The van der Waals surface area contributed by atoms with Gasteiger partial charge in [0.15, 0.2) is 0 Å². The second-order valence-corrected chi connectivity index (χ2v) is 5.81. The summed E-state index contributed by atoms with van der Waals surface area (Å²) in [6.45, 7) is 10.2. The zero-order valence-corrected chi connectivity index (χ0v) is 12.5. The molecule has 1 aromatic rings. The van der Waals surface area contributed by atoms with Gasteiger partial charge >= 0.3 is 0 Å². The van der Waals surface area contributed by atoms with Gasteiger partial charge in [-0.05, 0) is 50.6 Å². The maximum atomic E-state index is 3.69. The highest BCUT2D eigenvalue weighted by molar-refractivity contribution is 5.22. The molecular weight excluding hydrogens is 218 g/mol. The molecule has 1 atom stereocenters. The Morgan fingerprint density at radius 3 is 2.61 bits per heavy atom. The molecule has 0 saturated heterocycles. The molecule has 0 bridgehead atoms. The van der Waals surface area contributed by atoms with Crippen molar-refractivity contribution in [1.29, 1.82) is 0 Å². The van der Waals surface area contributed by atoms with Crippen LogP contribution in [0.25, 0.3) is 0 Å². The lowest BCUT2D eigenvalue weighted by molar-refractivity contribution is 0.398. The lowest BCUT2D eigenvalue weighted by atomic mass is 9.97. The van der Waals surface area contributed by atoms with E-state index in [1.807, 2.05) is 0 Å². The number of nitrogens with one attached hydrogen (secondary N) is 1. The first-order valence-electron chi connectivity index (χ1n) is 7.40. The van der Waals surface area contributed by atoms with E-state index in [1.165, 1.54) is 36.8 Å². The number of aryl methyl sites for hydroxylation is 2. The maximum absolute atomic E-state index is 3.69. The minimum atomic E-state index is 0.672. The zero-order valence-electron chi connectivity index (χ0n) is 12.5. The summed E-state index contributed by atoms with van der Waals surface area (Å²) in [5.74, 6) is 0.775. The van der Waals surface area contributed by atoms with Crippen molar-refractivity contribution in [2.24, 2.45) is 5.92 Å². The van der Waals surface area contributed by atoms with Crippen LogP contribution in [0.15, 0.2) is 24.3 Å². The fourth-order valence-corrected chi connectivity index (χ4v) is 2.43. The second kappa shape index (κ2) is 8.31. The van der Waals surface area contributed by atoms with Crippen molar-refractivity contribution in [2.45, 2.75) is 59.4 Å². The molecule has 18 heavy (non-hydrogen) atoms. The van der Waals surface area contributed by atoms with Gasteiger partial charge in [0, 0.05) is 6.04 Å². The fourth-order valence-electron chi connectivity index (χ4n) is 2.43. The van der Waals surface area contributed by atoms with Gasteiger partial charge in [-0.15, -0.1) is 0 Å². The molecule has 0 aliphatic rings. The summed E-state index contributed by atoms with van der Waals surface area (Å²) in [5.41, 5.74) is 2.84. The van der Waals surface area contributed by atoms with Crippen LogP contribution in [0.5, 0.6) is 0 Å². The molecule has 0 radical (unpaired) electrons. The second-order valence-electron chi connectivity index (χ2n) is 5.81. The smallest absolute Gasteiger partial charge is 0.00726 e. The number of rotatable bonds is 8. The Morgan fingerprint density at radius 2 is 2.00 bits per heavy atom. The van der Waals surface area contributed by atoms with Crippen LogP contribution < -0.4 is 5.32 Å². The lowest BCUT2D eigenvalue weighted by Gasteiger charge is -2.20. The molecule has 0 aliphatic carbocycles. The molecule has 1 N–H and O–H groups in total. The van der Waals surface area contributed by atoms with E-state index in [-0.39, 0.29) is 0 Å². The van der Waals surface area contributed by atoms with Crippen molar-refractivity contribution < 1.29 is 0 Å². The summed E-state index contributed by atoms with van der Waals surface area (Å²) in [5, 5.41) is 3.69. The first kappa shape index (κ1) is 15.2. The van der Waals surface area contributed by atoms with Crippen molar-refractivity contribution in [2.75, 3.05) is 6.54 Å². The van der Waals surface area contributed by atoms with Crippen LogP contribution in [0.4, 0.5) is 0 Å². The van der Waals surface area contributed by atoms with E-state index in [9.17, 15) is 0 Å². The van der Waals surface area contributed by atoms with Gasteiger partial charge in [-0.3, -0.25) is 0 Å². The lowest BCUT2D eigenvalue weighted by Crippen LogP contribution is -2.31. The summed E-state index contributed by atoms with van der Waals surface area (Å²) in [6, 6.07) is 9.57. The van der Waals surface area contributed by atoms with Gasteiger partial charge < -0.3 is 5.32 Å². The maximum Gasteiger partial charge on any atom is 0.00726 e. The van der Waals surface area contributed by atoms with Crippen LogP contribution in [0, 0.1) is 12.8 Å². The Morgan fingerprint density at radius 1 is 1.22 bits per heavy atom. The van der Waals surface area contributed by atoms with Crippen molar-refractivity contribution in [3.05, 3.63) is 35.4 Å². The first-order valence-corrected chi connectivity index (χ1v) is 7.40. The summed E-state index contributed by atoms with van der Waals surface area (Å²) < 4.78 is 0. The topological polar surface area (TPSA) is 12.0 Å². The van der Waals surface area contributed by atoms with Crippen LogP contribution in [0.1, 0.15) is 51.2 Å². The Bertz CT molecular complexity index is 330. The fraction of sp³-hybridized carbons (Fsp3) is 0.647. The highest BCUT2D eigenvalue weighted by atomic mass is 14.9. The molecule has 102 valence electrons. The van der Waals surface area contributed by atoms with Crippen molar-refractivity contribution in [3.63, 3.8) is 0 Å². The third-order valence-corrected chi connectivity index (χ3v) is 3.30. The van der Waals surface area contributed by atoms with Crippen LogP contribution in [0.2, 0.25) is 0 Å². The Kier molecular flexibility index (Phi) is 7.04. The quantitative estimate of drug-likeness (QED) is 0.720. The molecule has 0 aliphatic heterocycles. The summed E-state index contributed by atoms with van der Waals surface area (Å²) >= 11 is 0. The average Bonchev–Trinajstić information content (AvgIpc) is 2.32. The van der Waals surface area contributed by atoms with Gasteiger partial charge in [0.05, 0.1) is 0 Å². The molecule has 0 amide bonds. The SMILES string of the molecule is CCCNC(CCc1cccc(C)c1)CC(C)C. The van der Waals surface area contributed by atoms with Gasteiger partial charge in [-0.1, -0.05) is 50.6 Å². The largest absolute Gasteiger partial charge is 0.314 e. The van der Waals surface area contributed by atoms with Gasteiger partial charge in [0.25, 0.3) is 0 Å². The summed E-state index contributed by atoms with van der Waals surface area (Å²) in [6.07, 6.45) is 4.95. The molecule has 0 aromatic heterocycles. The van der Waals surface area contributed by atoms with Gasteiger partial charge in [-0.2, -0.15) is 0 Å². The van der Waals surface area contributed by atoms with Crippen molar-refractivity contribution in [3.8, 4) is 0 Å². The predicted molar refractivity (Wildman–Crippen MR) is 81.0 cm³/mol. The van der Waals surface area contributed by atoms with E-state index < -0.39 is 0 Å². The highest BCUT2D eigenvalue weighted by Gasteiger charge is 2.10. The van der Waals surface area contributed by atoms with E-state index in [4.69, 9.17) is 0 Å². The highest BCUT2D eigenvalue weighted by Crippen LogP contribution is 2.13. The molecule has 0 fully saturated rings. The molecule has 1 nitrogen and oxygen atoms in total. The predicted octanol–water partition coefficient (Wildman–Crippen LogP) is 4.34. The minimum Gasteiger partial charge on any atom is -0.314 e. The van der Waals surface area contributed by atoms with Crippen molar-refractivity contribution >= 4 is 0 Å². The molecule has 1 rings (SSSR count). The monoisotopic (exact) mass is 247 g/mol. The van der Waals surface area contributed by atoms with Crippen molar-refractivity contribution in [1.82, 2.24) is 5.32 Å². The van der Waals surface area contributed by atoms with E-state index in [2.05, 4.69) is 57.3 Å². The Labute approximate surface area is 113 Å². The standard InChI is InChI=1S/C17H29N/c1-5-11-18-17(12-14(2)3)10-9-16-8-6-7-15(4)13-16/h6-8,13-14,17-18H,5,9-12H2,1-4H3. The van der Waals surface area contributed by atoms with Gasteiger partial charge in [0.2, 0.25) is 0 Å². The van der Waals surface area contributed by atoms with E-state index in [0.29, 0.717) is 6.04 Å². The minimum absolute atomic E-state index is 0.672. The molecule has 1 aromatic carbocycles. The Hall–Kier alpha value is -0.820. The first-order chi connectivity index (χ1) is 8.61. The van der Waals surface area contributed by atoms with Gasteiger partial charge in [-0.25, -0.2) is 0 Å². The third-order valence-electron chi connectivity index (χ3n) is 3.30. The zero-order chi connectivity index (χ0) is 13.4. The van der Waals surface area contributed by atoms with Crippen LogP contribution in [-0.4, -0.2) is 12.6 Å². The number of benzene rings is 1.